The molecule has 0 spiro atoms. The Balaban J connectivity index is 2.39. The first-order valence-electron chi connectivity index (χ1n) is 6.12. The van der Waals surface area contributed by atoms with Crippen LogP contribution in [0.1, 0.15) is 42.1 Å². The van der Waals surface area contributed by atoms with Crippen LogP contribution < -0.4 is 0 Å². The van der Waals surface area contributed by atoms with E-state index in [1.54, 1.807) is 6.07 Å². The molecule has 1 aromatic carbocycles. The lowest BCUT2D eigenvalue weighted by atomic mass is 9.65. The molecular weight excluding hydrogens is 248 g/mol. The molecule has 1 saturated carbocycles. The van der Waals surface area contributed by atoms with Gasteiger partial charge in [-0.25, -0.2) is 8.42 Å². The Labute approximate surface area is 108 Å². The van der Waals surface area contributed by atoms with Crippen molar-refractivity contribution in [2.75, 3.05) is 12.0 Å². The fraction of sp³-hybridized carbons (Fsp3) is 0.500. The average Bonchev–Trinajstić information content (AvgIpc) is 2.22. The lowest BCUT2D eigenvalue weighted by molar-refractivity contribution is 0.101. The third-order valence-electron chi connectivity index (χ3n) is 3.73. The fourth-order valence-corrected chi connectivity index (χ4v) is 4.15. The first-order valence-corrected chi connectivity index (χ1v) is 8.18. The summed E-state index contributed by atoms with van der Waals surface area (Å²) in [7, 11) is -3.01. The molecule has 4 heteroatoms. The van der Waals surface area contributed by atoms with Crippen LogP contribution in [0.3, 0.4) is 0 Å². The first-order chi connectivity index (χ1) is 8.32. The molecule has 1 fully saturated rings. The van der Waals surface area contributed by atoms with E-state index in [-0.39, 0.29) is 17.0 Å². The van der Waals surface area contributed by atoms with Crippen LogP contribution in [0.15, 0.2) is 24.3 Å². The average molecular weight is 266 g/mol. The quantitative estimate of drug-likeness (QED) is 0.786. The summed E-state index contributed by atoms with van der Waals surface area (Å²) < 4.78 is 23.1. The largest absolute Gasteiger partial charge is 0.295 e. The molecule has 0 atom stereocenters. The van der Waals surface area contributed by atoms with E-state index in [1.165, 1.54) is 13.2 Å². The van der Waals surface area contributed by atoms with E-state index in [0.717, 1.165) is 24.8 Å². The Morgan fingerprint density at radius 2 is 2.00 bits per heavy atom. The number of rotatable bonds is 4. The van der Waals surface area contributed by atoms with E-state index in [9.17, 15) is 13.2 Å². The van der Waals surface area contributed by atoms with Gasteiger partial charge in [-0.05, 0) is 31.4 Å². The topological polar surface area (TPSA) is 51.2 Å². The molecule has 0 amide bonds. The summed E-state index contributed by atoms with van der Waals surface area (Å²) >= 11 is 0. The summed E-state index contributed by atoms with van der Waals surface area (Å²) in [6.45, 7) is 1.53. The molecule has 0 saturated heterocycles. The summed E-state index contributed by atoms with van der Waals surface area (Å²) in [5.41, 5.74) is 1.39. The first kappa shape index (κ1) is 13.3. The minimum atomic E-state index is -3.01. The van der Waals surface area contributed by atoms with Crippen molar-refractivity contribution in [2.24, 2.45) is 0 Å². The van der Waals surface area contributed by atoms with E-state index in [0.29, 0.717) is 5.56 Å². The Bertz CT molecular complexity index is 568. The summed E-state index contributed by atoms with van der Waals surface area (Å²) in [5.74, 6) is 0.201. The molecule has 1 aliphatic carbocycles. The van der Waals surface area contributed by atoms with Gasteiger partial charge in [0.15, 0.2) is 5.78 Å². The van der Waals surface area contributed by atoms with Gasteiger partial charge < -0.3 is 0 Å². The van der Waals surface area contributed by atoms with Crippen molar-refractivity contribution in [1.29, 1.82) is 0 Å². The van der Waals surface area contributed by atoms with Gasteiger partial charge in [0.05, 0.1) is 5.75 Å². The lowest BCUT2D eigenvalue weighted by Crippen LogP contribution is -2.40. The van der Waals surface area contributed by atoms with Gasteiger partial charge in [0.2, 0.25) is 0 Å². The number of benzene rings is 1. The van der Waals surface area contributed by atoms with Crippen molar-refractivity contribution in [3.63, 3.8) is 0 Å². The van der Waals surface area contributed by atoms with Crippen LogP contribution in [0, 0.1) is 0 Å². The number of hydrogen-bond acceptors (Lipinski definition) is 3. The monoisotopic (exact) mass is 266 g/mol. The van der Waals surface area contributed by atoms with Crippen LogP contribution in [-0.2, 0) is 15.3 Å². The smallest absolute Gasteiger partial charge is 0.159 e. The van der Waals surface area contributed by atoms with Crippen LogP contribution in [0.5, 0.6) is 0 Å². The Morgan fingerprint density at radius 1 is 1.33 bits per heavy atom. The summed E-state index contributed by atoms with van der Waals surface area (Å²) in [6.07, 6.45) is 4.12. The van der Waals surface area contributed by atoms with Gasteiger partial charge >= 0.3 is 0 Å². The number of ketones is 1. The molecule has 1 aliphatic rings. The third kappa shape index (κ3) is 2.64. The number of Topliss-reactive ketones (excluding diaryl/α,β-unsaturated/α-hetero) is 1. The van der Waals surface area contributed by atoms with Gasteiger partial charge in [0, 0.05) is 17.2 Å². The number of sulfone groups is 1. The van der Waals surface area contributed by atoms with Crippen LogP contribution >= 0.6 is 0 Å². The second-order valence-electron chi connectivity index (χ2n) is 5.34. The van der Waals surface area contributed by atoms with Gasteiger partial charge in [-0.2, -0.15) is 0 Å². The molecule has 18 heavy (non-hydrogen) atoms. The highest BCUT2D eigenvalue weighted by molar-refractivity contribution is 7.90. The third-order valence-corrected chi connectivity index (χ3v) is 4.81. The second kappa shape index (κ2) is 4.50. The van der Waals surface area contributed by atoms with Crippen molar-refractivity contribution in [3.8, 4) is 0 Å². The Morgan fingerprint density at radius 3 is 2.44 bits per heavy atom. The number of carbonyl (C=O) groups is 1. The number of hydrogen-bond donors (Lipinski definition) is 0. The van der Waals surface area contributed by atoms with Crippen molar-refractivity contribution in [2.45, 2.75) is 31.6 Å². The second-order valence-corrected chi connectivity index (χ2v) is 7.48. The zero-order chi connectivity index (χ0) is 13.4. The predicted octanol–water partition coefficient (Wildman–Crippen LogP) is 2.36. The van der Waals surface area contributed by atoms with Crippen LogP contribution in [0.25, 0.3) is 0 Å². The highest BCUT2D eigenvalue weighted by Crippen LogP contribution is 2.44. The van der Waals surface area contributed by atoms with E-state index in [1.807, 2.05) is 18.2 Å². The van der Waals surface area contributed by atoms with Gasteiger partial charge in [-0.15, -0.1) is 0 Å². The predicted molar refractivity (Wildman–Crippen MR) is 71.7 cm³/mol. The Hall–Kier alpha value is -1.16. The van der Waals surface area contributed by atoms with Gasteiger partial charge in [0.1, 0.15) is 9.84 Å². The fourth-order valence-electron chi connectivity index (χ4n) is 2.69. The molecule has 2 rings (SSSR count). The maximum Gasteiger partial charge on any atom is 0.159 e. The van der Waals surface area contributed by atoms with Gasteiger partial charge in [0.25, 0.3) is 0 Å². The van der Waals surface area contributed by atoms with Gasteiger partial charge in [-0.1, -0.05) is 24.6 Å². The standard InChI is InChI=1S/C14H18O3S/c1-11(15)12-5-3-6-13(9-12)14(7-4-8-14)10-18(2,16)17/h3,5-6,9H,4,7-8,10H2,1-2H3. The molecule has 0 unspecified atom stereocenters. The molecule has 0 N–H and O–H groups in total. The van der Waals surface area contributed by atoms with E-state index >= 15 is 0 Å². The zero-order valence-electron chi connectivity index (χ0n) is 10.8. The molecule has 1 aromatic rings. The molecule has 98 valence electrons. The summed E-state index contributed by atoms with van der Waals surface area (Å²) in [5, 5.41) is 0. The molecule has 0 bridgehead atoms. The zero-order valence-corrected chi connectivity index (χ0v) is 11.6. The summed E-state index contributed by atoms with van der Waals surface area (Å²) in [4.78, 5) is 11.4. The van der Waals surface area contributed by atoms with Gasteiger partial charge in [-0.3, -0.25) is 4.79 Å². The van der Waals surface area contributed by atoms with Crippen molar-refractivity contribution in [1.82, 2.24) is 0 Å². The molecule has 0 radical (unpaired) electrons. The van der Waals surface area contributed by atoms with Crippen LogP contribution in [0.2, 0.25) is 0 Å². The van der Waals surface area contributed by atoms with Crippen molar-refractivity contribution >= 4 is 15.6 Å². The highest BCUT2D eigenvalue weighted by Gasteiger charge is 2.41. The van der Waals surface area contributed by atoms with Crippen LogP contribution in [0.4, 0.5) is 0 Å². The Kier molecular flexibility index (Phi) is 3.32. The maximum absolute atomic E-state index is 11.6. The molecular formula is C14H18O3S. The molecule has 0 heterocycles. The van der Waals surface area contributed by atoms with Crippen molar-refractivity contribution < 1.29 is 13.2 Å². The molecule has 0 aromatic heterocycles. The normalized spacial score (nSPS) is 18.1. The summed E-state index contributed by atoms with van der Waals surface area (Å²) in [6, 6.07) is 7.41. The van der Waals surface area contributed by atoms with E-state index < -0.39 is 9.84 Å². The van der Waals surface area contributed by atoms with Crippen LogP contribution in [-0.4, -0.2) is 26.2 Å². The minimum Gasteiger partial charge on any atom is -0.295 e. The van der Waals surface area contributed by atoms with Crippen molar-refractivity contribution in [3.05, 3.63) is 35.4 Å². The van der Waals surface area contributed by atoms with E-state index in [4.69, 9.17) is 0 Å². The SMILES string of the molecule is CC(=O)c1cccc(C2(CS(C)(=O)=O)CCC2)c1. The lowest BCUT2D eigenvalue weighted by Gasteiger charge is -2.42. The molecule has 3 nitrogen and oxygen atoms in total. The maximum atomic E-state index is 11.6. The highest BCUT2D eigenvalue weighted by atomic mass is 32.2. The molecule has 0 aliphatic heterocycles. The number of carbonyl (C=O) groups excluding carboxylic acids is 1. The minimum absolute atomic E-state index is 0.0191. The van der Waals surface area contributed by atoms with E-state index in [2.05, 4.69) is 0 Å².